The highest BCUT2D eigenvalue weighted by Gasteiger charge is 2.25. The van der Waals surface area contributed by atoms with E-state index in [-0.39, 0.29) is 5.69 Å². The van der Waals surface area contributed by atoms with Crippen LogP contribution in [0.2, 0.25) is 0 Å². The predicted molar refractivity (Wildman–Crippen MR) is 84.4 cm³/mol. The fraction of sp³-hybridized carbons (Fsp3) is 0.600. The number of hydrogen-bond donors (Lipinski definition) is 2. The molecule has 0 spiro atoms. The first-order chi connectivity index (χ1) is 10.1. The van der Waals surface area contributed by atoms with Gasteiger partial charge in [0.2, 0.25) is 0 Å². The number of nitrogen functional groups attached to an aromatic ring is 1. The average molecular weight is 307 g/mol. The molecule has 2 rings (SSSR count). The smallest absolute Gasteiger partial charge is 0.350 e. The number of anilines is 2. The van der Waals surface area contributed by atoms with Gasteiger partial charge in [-0.25, -0.2) is 4.79 Å². The van der Waals surface area contributed by atoms with Gasteiger partial charge in [-0.05, 0) is 38.5 Å². The fourth-order valence-corrected chi connectivity index (χ4v) is 3.64. The van der Waals surface area contributed by atoms with Gasteiger partial charge in [-0.15, -0.1) is 11.3 Å². The number of esters is 1. The lowest BCUT2D eigenvalue weighted by atomic mass is 9.87. The van der Waals surface area contributed by atoms with Crippen LogP contribution in [0.25, 0.3) is 0 Å². The number of nitrogens with zero attached hydrogens (tertiary/aromatic N) is 1. The quantitative estimate of drug-likeness (QED) is 0.833. The van der Waals surface area contributed by atoms with Crippen LogP contribution in [-0.2, 0) is 4.74 Å². The highest BCUT2D eigenvalue weighted by molar-refractivity contribution is 7.18. The minimum absolute atomic E-state index is 0.229. The Morgan fingerprint density at radius 2 is 2.14 bits per heavy atom. The summed E-state index contributed by atoms with van der Waals surface area (Å²) in [5, 5.41) is 13.4. The van der Waals surface area contributed by atoms with E-state index in [0.717, 1.165) is 18.8 Å². The first-order valence-corrected chi connectivity index (χ1v) is 8.14. The van der Waals surface area contributed by atoms with Crippen molar-refractivity contribution in [1.29, 1.82) is 5.26 Å². The minimum Gasteiger partial charge on any atom is -0.462 e. The van der Waals surface area contributed by atoms with Crippen molar-refractivity contribution >= 4 is 28.0 Å². The third-order valence-corrected chi connectivity index (χ3v) is 4.99. The second-order valence-corrected chi connectivity index (χ2v) is 6.50. The molecule has 0 unspecified atom stereocenters. The van der Waals surface area contributed by atoms with E-state index >= 15 is 0 Å². The van der Waals surface area contributed by atoms with Crippen LogP contribution in [-0.4, -0.2) is 18.6 Å². The molecule has 1 heterocycles. The van der Waals surface area contributed by atoms with Crippen molar-refractivity contribution in [3.05, 3.63) is 10.4 Å². The van der Waals surface area contributed by atoms with E-state index in [9.17, 15) is 10.1 Å². The zero-order chi connectivity index (χ0) is 15.4. The normalized spacial score (nSPS) is 21.6. The Kier molecular flexibility index (Phi) is 5.07. The highest BCUT2D eigenvalue weighted by Crippen LogP contribution is 2.37. The summed E-state index contributed by atoms with van der Waals surface area (Å²) in [7, 11) is 0. The molecule has 0 radical (unpaired) electrons. The first-order valence-electron chi connectivity index (χ1n) is 7.32. The maximum Gasteiger partial charge on any atom is 0.350 e. The van der Waals surface area contributed by atoms with Crippen LogP contribution in [0, 0.1) is 17.2 Å². The Bertz CT molecular complexity index is 554. The summed E-state index contributed by atoms with van der Waals surface area (Å²) in [6.07, 6.45) is 4.54. The number of nitrogens with two attached hydrogens (primary N) is 1. The lowest BCUT2D eigenvalue weighted by molar-refractivity contribution is 0.0533. The van der Waals surface area contributed by atoms with E-state index in [2.05, 4.69) is 18.3 Å². The molecule has 5 nitrogen and oxygen atoms in total. The van der Waals surface area contributed by atoms with Crippen LogP contribution in [0.5, 0.6) is 0 Å². The summed E-state index contributed by atoms with van der Waals surface area (Å²) in [6, 6.07) is 2.44. The highest BCUT2D eigenvalue weighted by atomic mass is 32.1. The average Bonchev–Trinajstić information content (AvgIpc) is 2.78. The molecule has 0 atom stereocenters. The summed E-state index contributed by atoms with van der Waals surface area (Å²) in [4.78, 5) is 12.2. The topological polar surface area (TPSA) is 88.1 Å². The van der Waals surface area contributed by atoms with Gasteiger partial charge in [0.15, 0.2) is 0 Å². The van der Waals surface area contributed by atoms with Crippen LogP contribution in [0.4, 0.5) is 10.7 Å². The number of rotatable bonds is 4. The van der Waals surface area contributed by atoms with E-state index in [4.69, 9.17) is 10.5 Å². The lowest BCUT2D eigenvalue weighted by Gasteiger charge is -2.27. The molecule has 1 aliphatic rings. The molecule has 3 N–H and O–H groups in total. The molecule has 0 amide bonds. The van der Waals surface area contributed by atoms with Crippen molar-refractivity contribution < 1.29 is 9.53 Å². The van der Waals surface area contributed by atoms with E-state index in [1.54, 1.807) is 6.92 Å². The first kappa shape index (κ1) is 15.6. The number of ether oxygens (including phenoxy) is 1. The SMILES string of the molecule is CCOC(=O)c1sc(NC2CCC(C)CC2)c(C#N)c1N. The number of hydrogen-bond acceptors (Lipinski definition) is 6. The van der Waals surface area contributed by atoms with Gasteiger partial charge in [0.1, 0.15) is 21.5 Å². The summed E-state index contributed by atoms with van der Waals surface area (Å²) in [5.74, 6) is 0.309. The molecule has 1 fully saturated rings. The van der Waals surface area contributed by atoms with Gasteiger partial charge in [-0.3, -0.25) is 0 Å². The molecular weight excluding hydrogens is 286 g/mol. The maximum absolute atomic E-state index is 11.9. The number of carbonyl (C=O) groups excluding carboxylic acids is 1. The summed E-state index contributed by atoms with van der Waals surface area (Å²) >= 11 is 1.22. The van der Waals surface area contributed by atoms with E-state index < -0.39 is 5.97 Å². The van der Waals surface area contributed by atoms with Crippen molar-refractivity contribution in [3.63, 3.8) is 0 Å². The Morgan fingerprint density at radius 3 is 2.71 bits per heavy atom. The van der Waals surface area contributed by atoms with Gasteiger partial charge in [-0.1, -0.05) is 6.92 Å². The van der Waals surface area contributed by atoms with Crippen LogP contribution in [0.3, 0.4) is 0 Å². The van der Waals surface area contributed by atoms with Crippen molar-refractivity contribution in [3.8, 4) is 6.07 Å². The molecule has 0 aromatic carbocycles. The molecular formula is C15H21N3O2S. The Hall–Kier alpha value is -1.74. The predicted octanol–water partition coefficient (Wildman–Crippen LogP) is 3.37. The summed E-state index contributed by atoms with van der Waals surface area (Å²) in [6.45, 7) is 4.30. The molecule has 6 heteroatoms. The van der Waals surface area contributed by atoms with Crippen molar-refractivity contribution in [2.24, 2.45) is 5.92 Å². The molecule has 1 saturated carbocycles. The van der Waals surface area contributed by atoms with Crippen LogP contribution >= 0.6 is 11.3 Å². The van der Waals surface area contributed by atoms with Crippen molar-refractivity contribution in [2.45, 2.75) is 45.6 Å². The van der Waals surface area contributed by atoms with E-state index in [1.807, 2.05) is 0 Å². The Balaban J connectivity index is 2.17. The van der Waals surface area contributed by atoms with Crippen LogP contribution < -0.4 is 11.1 Å². The van der Waals surface area contributed by atoms with Gasteiger partial charge < -0.3 is 15.8 Å². The second kappa shape index (κ2) is 6.81. The summed E-state index contributed by atoms with van der Waals surface area (Å²) < 4.78 is 4.98. The molecule has 0 bridgehead atoms. The molecule has 21 heavy (non-hydrogen) atoms. The van der Waals surface area contributed by atoms with E-state index in [0.29, 0.717) is 28.1 Å². The molecule has 0 saturated heterocycles. The standard InChI is InChI=1S/C15H21N3O2S/c1-3-20-15(19)13-12(17)11(8-16)14(21-13)18-10-6-4-9(2)5-7-10/h9-10,18H,3-7,17H2,1-2H3. The molecule has 1 aliphatic carbocycles. The van der Waals surface area contributed by atoms with Gasteiger partial charge in [0.25, 0.3) is 0 Å². The van der Waals surface area contributed by atoms with Crippen molar-refractivity contribution in [1.82, 2.24) is 0 Å². The monoisotopic (exact) mass is 307 g/mol. The third kappa shape index (κ3) is 3.48. The zero-order valence-corrected chi connectivity index (χ0v) is 13.3. The number of nitrogens with one attached hydrogen (secondary N) is 1. The second-order valence-electron chi connectivity index (χ2n) is 5.48. The number of thiophene rings is 1. The van der Waals surface area contributed by atoms with Crippen LogP contribution in [0.15, 0.2) is 0 Å². The minimum atomic E-state index is -0.457. The Labute approximate surface area is 129 Å². The Morgan fingerprint density at radius 1 is 1.48 bits per heavy atom. The van der Waals surface area contributed by atoms with Crippen molar-refractivity contribution in [2.75, 3.05) is 17.7 Å². The van der Waals surface area contributed by atoms with Crippen LogP contribution in [0.1, 0.15) is 54.8 Å². The number of nitriles is 1. The molecule has 0 aliphatic heterocycles. The van der Waals surface area contributed by atoms with E-state index in [1.165, 1.54) is 24.2 Å². The summed E-state index contributed by atoms with van der Waals surface area (Å²) in [5.41, 5.74) is 6.51. The number of carbonyl (C=O) groups is 1. The fourth-order valence-electron chi connectivity index (χ4n) is 2.59. The maximum atomic E-state index is 11.9. The molecule has 114 valence electrons. The lowest BCUT2D eigenvalue weighted by Crippen LogP contribution is -2.25. The largest absolute Gasteiger partial charge is 0.462 e. The van der Waals surface area contributed by atoms with Gasteiger partial charge in [0, 0.05) is 6.04 Å². The zero-order valence-electron chi connectivity index (χ0n) is 12.4. The molecule has 1 aromatic rings. The molecule has 1 aromatic heterocycles. The van der Waals surface area contributed by atoms with Gasteiger partial charge >= 0.3 is 5.97 Å². The third-order valence-electron chi connectivity index (χ3n) is 3.87. The van der Waals surface area contributed by atoms with Gasteiger partial charge in [-0.2, -0.15) is 5.26 Å². The van der Waals surface area contributed by atoms with Gasteiger partial charge in [0.05, 0.1) is 12.3 Å².